The molecule has 0 heterocycles. The smallest absolute Gasteiger partial charge is 0.216 e. The highest BCUT2D eigenvalue weighted by Gasteiger charge is 2.16. The van der Waals surface area contributed by atoms with E-state index in [1.54, 1.807) is 6.07 Å². The Morgan fingerprint density at radius 1 is 1.22 bits per heavy atom. The maximum Gasteiger partial charge on any atom is 0.216 e. The molecule has 2 aromatic carbocycles. The summed E-state index contributed by atoms with van der Waals surface area (Å²) >= 11 is 5.83. The third-order valence-corrected chi connectivity index (χ3v) is 4.75. The van der Waals surface area contributed by atoms with Gasteiger partial charge >= 0.3 is 0 Å². The first kappa shape index (κ1) is 17.7. The van der Waals surface area contributed by atoms with E-state index >= 15 is 0 Å². The van der Waals surface area contributed by atoms with Gasteiger partial charge in [-0.2, -0.15) is 0 Å². The van der Waals surface area contributed by atoms with E-state index in [2.05, 4.69) is 4.72 Å². The fraction of sp³-hybridized carbons (Fsp3) is 0.250. The molecule has 0 atom stereocenters. The quantitative estimate of drug-likeness (QED) is 0.774. The number of benzene rings is 2. The molecule has 23 heavy (non-hydrogen) atoms. The SMILES string of the molecule is Cc1cccc(OCCNS(=O)(=O)Cc2c(F)cccc2Cl)c1. The Labute approximate surface area is 140 Å². The van der Waals surface area contributed by atoms with Crippen molar-refractivity contribution in [3.8, 4) is 5.75 Å². The van der Waals surface area contributed by atoms with E-state index in [4.69, 9.17) is 16.3 Å². The molecular formula is C16H17ClFNO3S. The molecule has 1 N–H and O–H groups in total. The molecule has 0 aromatic heterocycles. The van der Waals surface area contributed by atoms with Gasteiger partial charge in [-0.05, 0) is 36.8 Å². The van der Waals surface area contributed by atoms with Crippen LogP contribution in [0.4, 0.5) is 4.39 Å². The van der Waals surface area contributed by atoms with Crippen LogP contribution in [0.25, 0.3) is 0 Å². The Morgan fingerprint density at radius 2 is 1.96 bits per heavy atom. The van der Waals surface area contributed by atoms with Crippen LogP contribution in [-0.2, 0) is 15.8 Å². The Kier molecular flexibility index (Phi) is 5.98. The minimum atomic E-state index is -3.70. The van der Waals surface area contributed by atoms with Gasteiger partial charge in [0.2, 0.25) is 10.0 Å². The number of hydrogen-bond acceptors (Lipinski definition) is 3. The summed E-state index contributed by atoms with van der Waals surface area (Å²) in [7, 11) is -3.70. The van der Waals surface area contributed by atoms with Gasteiger partial charge in [0, 0.05) is 17.1 Å². The average molecular weight is 358 g/mol. The molecule has 0 saturated carbocycles. The van der Waals surface area contributed by atoms with Crippen LogP contribution < -0.4 is 9.46 Å². The zero-order valence-corrected chi connectivity index (χ0v) is 14.1. The molecule has 2 rings (SSSR count). The highest BCUT2D eigenvalue weighted by molar-refractivity contribution is 7.88. The Bertz CT molecular complexity index is 760. The van der Waals surface area contributed by atoms with Crippen molar-refractivity contribution in [3.05, 3.63) is 64.4 Å². The Balaban J connectivity index is 1.87. The second kappa shape index (κ2) is 7.77. The van der Waals surface area contributed by atoms with Crippen molar-refractivity contribution < 1.29 is 17.5 Å². The van der Waals surface area contributed by atoms with Crippen molar-refractivity contribution in [1.29, 1.82) is 0 Å². The molecule has 0 aliphatic heterocycles. The van der Waals surface area contributed by atoms with E-state index in [1.807, 2.05) is 25.1 Å². The minimum Gasteiger partial charge on any atom is -0.492 e. The number of ether oxygens (including phenoxy) is 1. The summed E-state index contributed by atoms with van der Waals surface area (Å²) in [6, 6.07) is 11.5. The fourth-order valence-corrected chi connectivity index (χ4v) is 3.46. The number of aryl methyl sites for hydroxylation is 1. The van der Waals surface area contributed by atoms with E-state index in [0.717, 1.165) is 5.56 Å². The fourth-order valence-electron chi connectivity index (χ4n) is 1.98. The van der Waals surface area contributed by atoms with Crippen LogP contribution in [0.1, 0.15) is 11.1 Å². The summed E-state index contributed by atoms with van der Waals surface area (Å²) in [4.78, 5) is 0. The van der Waals surface area contributed by atoms with Crippen LogP contribution in [0.3, 0.4) is 0 Å². The van der Waals surface area contributed by atoms with Crippen LogP contribution in [-0.4, -0.2) is 21.6 Å². The molecule has 0 fully saturated rings. The van der Waals surface area contributed by atoms with Crippen LogP contribution >= 0.6 is 11.6 Å². The number of sulfonamides is 1. The van der Waals surface area contributed by atoms with Crippen LogP contribution in [0.2, 0.25) is 5.02 Å². The van der Waals surface area contributed by atoms with Crippen LogP contribution in [0, 0.1) is 12.7 Å². The number of hydrogen-bond donors (Lipinski definition) is 1. The molecular weight excluding hydrogens is 341 g/mol. The van der Waals surface area contributed by atoms with Gasteiger partial charge < -0.3 is 4.74 Å². The third-order valence-electron chi connectivity index (χ3n) is 3.08. The van der Waals surface area contributed by atoms with E-state index in [1.165, 1.54) is 18.2 Å². The van der Waals surface area contributed by atoms with Gasteiger partial charge in [-0.3, -0.25) is 0 Å². The van der Waals surface area contributed by atoms with Crippen LogP contribution in [0.15, 0.2) is 42.5 Å². The molecule has 124 valence electrons. The van der Waals surface area contributed by atoms with Crippen molar-refractivity contribution in [3.63, 3.8) is 0 Å². The van der Waals surface area contributed by atoms with Gasteiger partial charge in [-0.15, -0.1) is 0 Å². The van der Waals surface area contributed by atoms with Crippen molar-refractivity contribution in [2.75, 3.05) is 13.2 Å². The van der Waals surface area contributed by atoms with Crippen molar-refractivity contribution in [1.82, 2.24) is 4.72 Å². The highest BCUT2D eigenvalue weighted by atomic mass is 35.5. The van der Waals surface area contributed by atoms with Crippen LogP contribution in [0.5, 0.6) is 5.75 Å². The predicted molar refractivity (Wildman–Crippen MR) is 88.7 cm³/mol. The minimum absolute atomic E-state index is 0.0405. The molecule has 0 aliphatic rings. The van der Waals surface area contributed by atoms with Crippen molar-refractivity contribution in [2.24, 2.45) is 0 Å². The highest BCUT2D eigenvalue weighted by Crippen LogP contribution is 2.21. The molecule has 0 aliphatic carbocycles. The Morgan fingerprint density at radius 3 is 2.65 bits per heavy atom. The first-order chi connectivity index (χ1) is 10.9. The molecule has 0 spiro atoms. The summed E-state index contributed by atoms with van der Waals surface area (Å²) in [5.74, 6) is -0.483. The van der Waals surface area contributed by atoms with Gasteiger partial charge in [0.25, 0.3) is 0 Å². The lowest BCUT2D eigenvalue weighted by Gasteiger charge is -2.10. The number of rotatable bonds is 7. The molecule has 0 unspecified atom stereocenters. The average Bonchev–Trinajstić information content (AvgIpc) is 2.48. The Hall–Kier alpha value is -1.63. The first-order valence-electron chi connectivity index (χ1n) is 6.97. The van der Waals surface area contributed by atoms with Gasteiger partial charge in [-0.1, -0.05) is 29.8 Å². The van der Waals surface area contributed by atoms with Crippen molar-refractivity contribution in [2.45, 2.75) is 12.7 Å². The maximum absolute atomic E-state index is 13.6. The largest absolute Gasteiger partial charge is 0.492 e. The second-order valence-electron chi connectivity index (χ2n) is 5.02. The lowest BCUT2D eigenvalue weighted by atomic mass is 10.2. The predicted octanol–water partition coefficient (Wildman–Crippen LogP) is 3.29. The van der Waals surface area contributed by atoms with Gasteiger partial charge in [0.15, 0.2) is 0 Å². The lowest BCUT2D eigenvalue weighted by molar-refractivity contribution is 0.322. The summed E-state index contributed by atoms with van der Waals surface area (Å²) in [6.07, 6.45) is 0. The number of nitrogens with one attached hydrogen (secondary N) is 1. The monoisotopic (exact) mass is 357 g/mol. The summed E-state index contributed by atoms with van der Waals surface area (Å²) in [6.45, 7) is 2.20. The molecule has 7 heteroatoms. The van der Waals surface area contributed by atoms with Gasteiger partial charge in [0.1, 0.15) is 18.2 Å². The van der Waals surface area contributed by atoms with Gasteiger partial charge in [0.05, 0.1) is 5.75 Å². The second-order valence-corrected chi connectivity index (χ2v) is 7.23. The zero-order chi connectivity index (χ0) is 16.9. The summed E-state index contributed by atoms with van der Waals surface area (Å²) in [5.41, 5.74) is 1.01. The number of halogens is 2. The lowest BCUT2D eigenvalue weighted by Crippen LogP contribution is -2.29. The zero-order valence-electron chi connectivity index (χ0n) is 12.6. The molecule has 4 nitrogen and oxygen atoms in total. The summed E-state index contributed by atoms with van der Waals surface area (Å²) < 4.78 is 45.4. The third kappa shape index (κ3) is 5.49. The van der Waals surface area contributed by atoms with E-state index in [9.17, 15) is 12.8 Å². The topological polar surface area (TPSA) is 55.4 Å². The van der Waals surface area contributed by atoms with E-state index < -0.39 is 21.6 Å². The first-order valence-corrected chi connectivity index (χ1v) is 9.00. The van der Waals surface area contributed by atoms with E-state index in [-0.39, 0.29) is 23.7 Å². The van der Waals surface area contributed by atoms with Crippen molar-refractivity contribution >= 4 is 21.6 Å². The van der Waals surface area contributed by atoms with E-state index in [0.29, 0.717) is 5.75 Å². The molecule has 0 bridgehead atoms. The standard InChI is InChI=1S/C16H17ClFNO3S/c1-12-4-2-5-13(10-12)22-9-8-19-23(20,21)11-14-15(17)6-3-7-16(14)18/h2-7,10,19H,8-9,11H2,1H3. The molecule has 2 aromatic rings. The van der Waals surface area contributed by atoms with Gasteiger partial charge in [-0.25, -0.2) is 17.5 Å². The summed E-state index contributed by atoms with van der Waals surface area (Å²) in [5, 5.41) is 0.0892. The molecule has 0 radical (unpaired) electrons. The maximum atomic E-state index is 13.6. The molecule has 0 saturated heterocycles. The molecule has 0 amide bonds. The normalized spacial score (nSPS) is 11.4.